The Hall–Kier alpha value is -2.49. The van der Waals surface area contributed by atoms with Crippen LogP contribution in [0.5, 0.6) is 11.5 Å². The molecule has 0 fully saturated rings. The molecule has 1 unspecified atom stereocenters. The molecule has 0 saturated carbocycles. The summed E-state index contributed by atoms with van der Waals surface area (Å²) in [5.74, 6) is 1.38. The first-order chi connectivity index (χ1) is 11.6. The highest BCUT2D eigenvalue weighted by molar-refractivity contribution is 6.04. The first kappa shape index (κ1) is 17.9. The van der Waals surface area contributed by atoms with Crippen LogP contribution >= 0.6 is 0 Å². The fraction of sp³-hybridized carbons (Fsp3) is 0.350. The van der Waals surface area contributed by atoms with E-state index in [0.717, 1.165) is 24.3 Å². The second-order valence-corrected chi connectivity index (χ2v) is 5.69. The van der Waals surface area contributed by atoms with Crippen LogP contribution in [-0.2, 0) is 0 Å². The number of nitrogens with one attached hydrogen (secondary N) is 1. The van der Waals surface area contributed by atoms with E-state index in [1.165, 1.54) is 0 Å². The summed E-state index contributed by atoms with van der Waals surface area (Å²) in [6.45, 7) is 6.81. The van der Waals surface area contributed by atoms with Crippen molar-refractivity contribution < 1.29 is 14.3 Å². The Morgan fingerprint density at radius 1 is 1.08 bits per heavy atom. The Morgan fingerprint density at radius 3 is 2.50 bits per heavy atom. The molecule has 24 heavy (non-hydrogen) atoms. The molecule has 1 atom stereocenters. The molecule has 0 spiro atoms. The lowest BCUT2D eigenvalue weighted by atomic mass is 10.2. The third-order valence-corrected chi connectivity index (χ3v) is 3.59. The molecule has 1 amide bonds. The zero-order valence-corrected chi connectivity index (χ0v) is 14.5. The van der Waals surface area contributed by atoms with Gasteiger partial charge in [-0.25, -0.2) is 0 Å². The summed E-state index contributed by atoms with van der Waals surface area (Å²) in [4.78, 5) is 12.3. The molecule has 0 heterocycles. The summed E-state index contributed by atoms with van der Waals surface area (Å²) >= 11 is 0. The standard InChI is InChI=1S/C20H25NO3/c1-4-13-23-19-8-6-7-17(14-19)21-20(22)16-9-11-18(12-10-16)24-15(3)5-2/h6-12,14-15H,4-5,13H2,1-3H3,(H,21,22). The minimum Gasteiger partial charge on any atom is -0.494 e. The number of ether oxygens (including phenoxy) is 2. The molecule has 4 nitrogen and oxygen atoms in total. The van der Waals surface area contributed by atoms with Crippen molar-refractivity contribution in [1.29, 1.82) is 0 Å². The maximum Gasteiger partial charge on any atom is 0.255 e. The predicted octanol–water partition coefficient (Wildman–Crippen LogP) is 4.91. The molecule has 0 bridgehead atoms. The highest BCUT2D eigenvalue weighted by Crippen LogP contribution is 2.19. The Kier molecular flexibility index (Phi) is 6.67. The van der Waals surface area contributed by atoms with E-state index in [9.17, 15) is 4.79 Å². The lowest BCUT2D eigenvalue weighted by Gasteiger charge is -2.13. The van der Waals surface area contributed by atoms with E-state index in [1.807, 2.05) is 43.3 Å². The summed E-state index contributed by atoms with van der Waals surface area (Å²) in [6.07, 6.45) is 2.05. The first-order valence-corrected chi connectivity index (χ1v) is 8.43. The fourth-order valence-corrected chi connectivity index (χ4v) is 2.09. The van der Waals surface area contributed by atoms with Crippen LogP contribution in [0.3, 0.4) is 0 Å². The lowest BCUT2D eigenvalue weighted by Crippen LogP contribution is -2.13. The van der Waals surface area contributed by atoms with E-state index in [0.29, 0.717) is 17.9 Å². The monoisotopic (exact) mass is 327 g/mol. The lowest BCUT2D eigenvalue weighted by molar-refractivity contribution is 0.102. The molecular formula is C20H25NO3. The first-order valence-electron chi connectivity index (χ1n) is 8.43. The molecule has 128 valence electrons. The van der Waals surface area contributed by atoms with Crippen molar-refractivity contribution >= 4 is 11.6 Å². The minimum atomic E-state index is -0.155. The van der Waals surface area contributed by atoms with Gasteiger partial charge < -0.3 is 14.8 Å². The summed E-state index contributed by atoms with van der Waals surface area (Å²) in [7, 11) is 0. The van der Waals surface area contributed by atoms with Crippen molar-refractivity contribution in [1.82, 2.24) is 0 Å². The number of hydrogen-bond acceptors (Lipinski definition) is 3. The SMILES string of the molecule is CCCOc1cccc(NC(=O)c2ccc(OC(C)CC)cc2)c1. The Balaban J connectivity index is 1.99. The smallest absolute Gasteiger partial charge is 0.255 e. The van der Waals surface area contributed by atoms with E-state index in [2.05, 4.69) is 19.2 Å². The van der Waals surface area contributed by atoms with E-state index in [4.69, 9.17) is 9.47 Å². The van der Waals surface area contributed by atoms with Crippen LogP contribution in [0.2, 0.25) is 0 Å². The number of amides is 1. The van der Waals surface area contributed by atoms with E-state index < -0.39 is 0 Å². The second kappa shape index (κ2) is 8.96. The van der Waals surface area contributed by atoms with Gasteiger partial charge in [0.05, 0.1) is 12.7 Å². The average Bonchev–Trinajstić information content (AvgIpc) is 2.60. The maximum atomic E-state index is 12.3. The number of anilines is 1. The number of rotatable bonds is 8. The molecule has 2 rings (SSSR count). The molecule has 0 radical (unpaired) electrons. The number of benzene rings is 2. The van der Waals surface area contributed by atoms with Gasteiger partial charge in [0.25, 0.3) is 5.91 Å². The van der Waals surface area contributed by atoms with Gasteiger partial charge in [-0.2, -0.15) is 0 Å². The molecule has 1 N–H and O–H groups in total. The van der Waals surface area contributed by atoms with Crippen molar-refractivity contribution in [2.24, 2.45) is 0 Å². The fourth-order valence-electron chi connectivity index (χ4n) is 2.09. The van der Waals surface area contributed by atoms with Crippen LogP contribution in [0.15, 0.2) is 48.5 Å². The Bertz CT molecular complexity index is 652. The molecule has 0 aliphatic heterocycles. The number of carbonyl (C=O) groups excluding carboxylic acids is 1. The van der Waals surface area contributed by atoms with Crippen molar-refractivity contribution in [2.45, 2.75) is 39.7 Å². The average molecular weight is 327 g/mol. The van der Waals surface area contributed by atoms with E-state index in [1.54, 1.807) is 12.1 Å². The van der Waals surface area contributed by atoms with Gasteiger partial charge in [-0.3, -0.25) is 4.79 Å². The quantitative estimate of drug-likeness (QED) is 0.750. The zero-order chi connectivity index (χ0) is 17.4. The minimum absolute atomic E-state index is 0.155. The van der Waals surface area contributed by atoms with Gasteiger partial charge in [0.1, 0.15) is 11.5 Å². The van der Waals surface area contributed by atoms with Crippen molar-refractivity contribution in [3.63, 3.8) is 0 Å². The van der Waals surface area contributed by atoms with Gasteiger partial charge in [0.15, 0.2) is 0 Å². The van der Waals surface area contributed by atoms with E-state index >= 15 is 0 Å². The van der Waals surface area contributed by atoms with Gasteiger partial charge in [0.2, 0.25) is 0 Å². The molecule has 0 saturated heterocycles. The van der Waals surface area contributed by atoms with E-state index in [-0.39, 0.29) is 12.0 Å². The predicted molar refractivity (Wildman–Crippen MR) is 97.0 cm³/mol. The molecule has 0 aliphatic rings. The zero-order valence-electron chi connectivity index (χ0n) is 14.5. The van der Waals surface area contributed by atoms with Crippen LogP contribution in [0, 0.1) is 0 Å². The maximum absolute atomic E-state index is 12.3. The summed E-state index contributed by atoms with van der Waals surface area (Å²) in [5, 5.41) is 2.89. The Morgan fingerprint density at radius 2 is 1.83 bits per heavy atom. The molecular weight excluding hydrogens is 302 g/mol. The van der Waals surface area contributed by atoms with Crippen LogP contribution in [0.1, 0.15) is 44.0 Å². The number of hydrogen-bond donors (Lipinski definition) is 1. The van der Waals surface area contributed by atoms with Crippen molar-refractivity contribution in [3.8, 4) is 11.5 Å². The third-order valence-electron chi connectivity index (χ3n) is 3.59. The van der Waals surface area contributed by atoms with Crippen molar-refractivity contribution in [2.75, 3.05) is 11.9 Å². The van der Waals surface area contributed by atoms with Crippen LogP contribution in [0.4, 0.5) is 5.69 Å². The summed E-state index contributed by atoms with van der Waals surface area (Å²) in [5.41, 5.74) is 1.31. The molecule has 2 aromatic rings. The Labute approximate surface area is 143 Å². The van der Waals surface area contributed by atoms with Gasteiger partial charge in [-0.1, -0.05) is 19.9 Å². The van der Waals surface area contributed by atoms with Crippen LogP contribution < -0.4 is 14.8 Å². The van der Waals surface area contributed by atoms with Gasteiger partial charge >= 0.3 is 0 Å². The number of carbonyl (C=O) groups is 1. The topological polar surface area (TPSA) is 47.6 Å². The molecule has 0 aromatic heterocycles. The van der Waals surface area contributed by atoms with Crippen molar-refractivity contribution in [3.05, 3.63) is 54.1 Å². The normalized spacial score (nSPS) is 11.6. The molecule has 4 heteroatoms. The van der Waals surface area contributed by atoms with Gasteiger partial charge in [-0.15, -0.1) is 0 Å². The molecule has 0 aliphatic carbocycles. The summed E-state index contributed by atoms with van der Waals surface area (Å²) in [6, 6.07) is 14.6. The van der Waals surface area contributed by atoms with Gasteiger partial charge in [0, 0.05) is 17.3 Å². The highest BCUT2D eigenvalue weighted by Gasteiger charge is 2.08. The highest BCUT2D eigenvalue weighted by atomic mass is 16.5. The largest absolute Gasteiger partial charge is 0.494 e. The van der Waals surface area contributed by atoms with Gasteiger partial charge in [-0.05, 0) is 56.2 Å². The van der Waals surface area contributed by atoms with Crippen LogP contribution in [0.25, 0.3) is 0 Å². The second-order valence-electron chi connectivity index (χ2n) is 5.69. The molecule has 2 aromatic carbocycles. The third kappa shape index (κ3) is 5.30. The van der Waals surface area contributed by atoms with Crippen LogP contribution in [-0.4, -0.2) is 18.6 Å². The summed E-state index contributed by atoms with van der Waals surface area (Å²) < 4.78 is 11.3.